The highest BCUT2D eigenvalue weighted by molar-refractivity contribution is 6.48. The molecule has 0 spiro atoms. The minimum atomic E-state index is -0.782. The summed E-state index contributed by atoms with van der Waals surface area (Å²) in [5.41, 5.74) is 2.76. The van der Waals surface area contributed by atoms with Gasteiger partial charge in [-0.05, 0) is 92.3 Å². The van der Waals surface area contributed by atoms with Gasteiger partial charge in [-0.25, -0.2) is 10.1 Å². The van der Waals surface area contributed by atoms with Crippen LogP contribution in [0, 0.1) is 33.3 Å². The molecule has 1 unspecified atom stereocenters. The second kappa shape index (κ2) is 12.7. The van der Waals surface area contributed by atoms with E-state index in [1.54, 1.807) is 0 Å². The van der Waals surface area contributed by atoms with E-state index in [2.05, 4.69) is 56.0 Å². The van der Waals surface area contributed by atoms with E-state index >= 15 is 0 Å². The summed E-state index contributed by atoms with van der Waals surface area (Å²) in [5, 5.41) is 20.8. The van der Waals surface area contributed by atoms with Crippen molar-refractivity contribution in [2.75, 3.05) is 6.54 Å². The summed E-state index contributed by atoms with van der Waals surface area (Å²) in [6.45, 7) is 11.5. The summed E-state index contributed by atoms with van der Waals surface area (Å²) >= 11 is 0. The van der Waals surface area contributed by atoms with E-state index < -0.39 is 29.9 Å². The first-order valence-electron chi connectivity index (χ1n) is 17.3. The number of carbonyl (C=O) groups excluding carboxylic acids is 2. The van der Waals surface area contributed by atoms with E-state index in [0.29, 0.717) is 37.6 Å². The number of amides is 2. The van der Waals surface area contributed by atoms with Crippen molar-refractivity contribution in [1.29, 1.82) is 0 Å². The SMILES string of the molecule is CC(C)C[C@H](NC(=O)[C@H](CCCNC1NN1[N+](=O)[O-])NC(=O)C1(c2ccccc2)CCCC1)B1O[C@@H]2C[C@@H]3C[C@@H](C3(C)C)[C@]2(C)O1. The van der Waals surface area contributed by atoms with Gasteiger partial charge in [-0.15, -0.1) is 5.43 Å². The fourth-order valence-corrected chi connectivity index (χ4v) is 8.96. The van der Waals surface area contributed by atoms with Crippen molar-refractivity contribution in [3.63, 3.8) is 0 Å². The monoisotopic (exact) mass is 638 g/mol. The predicted octanol–water partition coefficient (Wildman–Crippen LogP) is 3.45. The normalized spacial score (nSPS) is 31.5. The number of carbonyl (C=O) groups is 2. The first kappa shape index (κ1) is 33.2. The minimum Gasteiger partial charge on any atom is -0.404 e. The zero-order valence-corrected chi connectivity index (χ0v) is 27.9. The van der Waals surface area contributed by atoms with Crippen LogP contribution in [0.5, 0.6) is 0 Å². The van der Waals surface area contributed by atoms with E-state index in [1.807, 2.05) is 30.3 Å². The summed E-state index contributed by atoms with van der Waals surface area (Å²) in [5.74, 6) is 0.574. The van der Waals surface area contributed by atoms with E-state index in [-0.39, 0.29) is 40.8 Å². The second-order valence-electron chi connectivity index (χ2n) is 15.5. The first-order valence-corrected chi connectivity index (χ1v) is 17.3. The number of hydrazine groups is 2. The lowest BCUT2D eigenvalue weighted by atomic mass is 9.43. The lowest BCUT2D eigenvalue weighted by Crippen LogP contribution is -2.65. The molecule has 6 aliphatic rings. The molecule has 4 saturated carbocycles. The van der Waals surface area contributed by atoms with Crippen LogP contribution in [0.1, 0.15) is 98.0 Å². The molecule has 7 rings (SSSR count). The summed E-state index contributed by atoms with van der Waals surface area (Å²) in [7, 11) is -0.561. The van der Waals surface area contributed by atoms with Crippen molar-refractivity contribution >= 4 is 18.9 Å². The van der Waals surface area contributed by atoms with Gasteiger partial charge in [-0.2, -0.15) is 0 Å². The third-order valence-electron chi connectivity index (χ3n) is 11.8. The van der Waals surface area contributed by atoms with E-state index in [0.717, 1.165) is 49.2 Å². The van der Waals surface area contributed by atoms with Gasteiger partial charge in [0.2, 0.25) is 18.1 Å². The third kappa shape index (κ3) is 6.15. The molecular formula is C33H51BN6O6. The highest BCUT2D eigenvalue weighted by atomic mass is 16.7. The maximum Gasteiger partial charge on any atom is 0.481 e. The van der Waals surface area contributed by atoms with E-state index in [1.165, 1.54) is 0 Å². The molecule has 1 aromatic rings. The Kier molecular flexibility index (Phi) is 9.16. The molecule has 4 N–H and O–H groups in total. The second-order valence-corrected chi connectivity index (χ2v) is 15.5. The molecule has 6 fully saturated rings. The molecule has 0 aromatic heterocycles. The Morgan fingerprint density at radius 2 is 1.85 bits per heavy atom. The number of nitrogens with zero attached hydrogens (tertiary/aromatic N) is 2. The quantitative estimate of drug-likeness (QED) is 0.0788. The molecule has 2 aliphatic heterocycles. The largest absolute Gasteiger partial charge is 0.481 e. The number of nitro groups is 1. The van der Waals surface area contributed by atoms with E-state index in [4.69, 9.17) is 9.31 Å². The molecule has 2 heterocycles. The third-order valence-corrected chi connectivity index (χ3v) is 11.8. The van der Waals surface area contributed by atoms with Gasteiger partial charge in [0.05, 0.1) is 23.1 Å². The van der Waals surface area contributed by atoms with Gasteiger partial charge in [0, 0.05) is 0 Å². The van der Waals surface area contributed by atoms with Crippen molar-refractivity contribution in [3.05, 3.63) is 46.0 Å². The lowest BCUT2D eigenvalue weighted by Gasteiger charge is -2.64. The van der Waals surface area contributed by atoms with Gasteiger partial charge in [0.15, 0.2) is 5.03 Å². The Balaban J connectivity index is 1.17. The standard InChI is InChI=1S/C33H51BN6O6/c1-21(2)18-27(34-45-26-20-23-19-25(31(23,3)4)32(26,5)46-34)37-28(41)24(14-11-17-35-30-38-39(30)40(43)44)36-29(42)33(15-9-10-16-33)22-12-7-6-8-13-22/h6-8,12-13,21,23-27,30,35,38H,9-11,14-20H2,1-5H3,(H,36,42)(H,37,41)/t23-,24-,25-,26+,27-,30?,32-,39?/m0/s1. The predicted molar refractivity (Wildman–Crippen MR) is 173 cm³/mol. The fourth-order valence-electron chi connectivity index (χ4n) is 8.96. The first-order chi connectivity index (χ1) is 21.8. The van der Waals surface area contributed by atoms with Crippen molar-refractivity contribution in [1.82, 2.24) is 26.5 Å². The van der Waals surface area contributed by atoms with Crippen LogP contribution < -0.4 is 21.4 Å². The van der Waals surface area contributed by atoms with Gasteiger partial charge < -0.3 is 19.9 Å². The molecule has 1 aromatic carbocycles. The van der Waals surface area contributed by atoms with Crippen LogP contribution in [0.15, 0.2) is 30.3 Å². The van der Waals surface area contributed by atoms with Gasteiger partial charge >= 0.3 is 7.12 Å². The fraction of sp³-hybridized carbons (Fsp3) is 0.758. The van der Waals surface area contributed by atoms with Crippen molar-refractivity contribution < 1.29 is 23.9 Å². The molecular weight excluding hydrogens is 587 g/mol. The zero-order chi connectivity index (χ0) is 32.9. The molecule has 252 valence electrons. The average Bonchev–Trinajstić information content (AvgIpc) is 3.45. The Morgan fingerprint density at radius 1 is 1.13 bits per heavy atom. The van der Waals surface area contributed by atoms with Crippen LogP contribution in [-0.4, -0.2) is 65.6 Å². The number of hydrogen-bond acceptors (Lipinski definition) is 8. The van der Waals surface area contributed by atoms with Gasteiger partial charge in [0.1, 0.15) is 6.04 Å². The number of benzene rings is 1. The average molecular weight is 639 g/mol. The number of hydrogen-bond donors (Lipinski definition) is 4. The maximum atomic E-state index is 14.2. The Hall–Kier alpha value is -2.74. The molecule has 46 heavy (non-hydrogen) atoms. The summed E-state index contributed by atoms with van der Waals surface area (Å²) < 4.78 is 13.4. The maximum absolute atomic E-state index is 14.2. The highest BCUT2D eigenvalue weighted by Gasteiger charge is 2.68. The molecule has 2 bridgehead atoms. The Labute approximate surface area is 272 Å². The van der Waals surface area contributed by atoms with Crippen LogP contribution in [0.2, 0.25) is 0 Å². The van der Waals surface area contributed by atoms with Gasteiger partial charge in [-0.3, -0.25) is 14.9 Å². The van der Waals surface area contributed by atoms with Crippen molar-refractivity contribution in [2.45, 2.75) is 128 Å². The number of nitrogens with one attached hydrogen (secondary N) is 4. The molecule has 7 atom stereocenters. The Bertz CT molecular complexity index is 1290. The Morgan fingerprint density at radius 3 is 2.48 bits per heavy atom. The zero-order valence-electron chi connectivity index (χ0n) is 27.9. The molecule has 2 saturated heterocycles. The summed E-state index contributed by atoms with van der Waals surface area (Å²) in [4.78, 5) is 39.3. The van der Waals surface area contributed by atoms with E-state index in [9.17, 15) is 19.7 Å². The van der Waals surface area contributed by atoms with Crippen molar-refractivity contribution in [2.24, 2.45) is 23.2 Å². The molecule has 4 aliphatic carbocycles. The number of rotatable bonds is 14. The highest BCUT2D eigenvalue weighted by Crippen LogP contribution is 2.65. The molecule has 12 nitrogen and oxygen atoms in total. The van der Waals surface area contributed by atoms with Gasteiger partial charge in [-0.1, -0.05) is 70.9 Å². The molecule has 13 heteroatoms. The van der Waals surface area contributed by atoms with Crippen LogP contribution in [0.4, 0.5) is 0 Å². The topological polar surface area (TPSA) is 157 Å². The minimum absolute atomic E-state index is 0.00488. The van der Waals surface area contributed by atoms with Crippen LogP contribution in [-0.2, 0) is 24.3 Å². The van der Waals surface area contributed by atoms with Crippen LogP contribution >= 0.6 is 0 Å². The van der Waals surface area contributed by atoms with Gasteiger partial charge in [0.25, 0.3) is 0 Å². The van der Waals surface area contributed by atoms with Crippen LogP contribution in [0.3, 0.4) is 0 Å². The van der Waals surface area contributed by atoms with Crippen LogP contribution in [0.25, 0.3) is 0 Å². The smallest absolute Gasteiger partial charge is 0.404 e. The molecule has 0 radical (unpaired) electrons. The summed E-state index contributed by atoms with van der Waals surface area (Å²) in [6, 6.07) is 9.10. The molecule has 2 amide bonds. The van der Waals surface area contributed by atoms with Crippen molar-refractivity contribution in [3.8, 4) is 0 Å². The summed E-state index contributed by atoms with van der Waals surface area (Å²) in [6.07, 6.45) is 6.55. The lowest BCUT2D eigenvalue weighted by molar-refractivity contribution is -0.627.